The Bertz CT molecular complexity index is 637. The number of aromatic nitrogens is 1. The number of hydrogen-bond acceptors (Lipinski definition) is 2. The van der Waals surface area contributed by atoms with E-state index in [1.165, 1.54) is 18.3 Å². The Kier molecular flexibility index (Phi) is 3.24. The van der Waals surface area contributed by atoms with Crippen LogP contribution in [0.1, 0.15) is 16.8 Å². The molecule has 0 unspecified atom stereocenters. The van der Waals surface area contributed by atoms with E-state index in [1.807, 2.05) is 0 Å². The second-order valence-corrected chi connectivity index (χ2v) is 5.47. The fourth-order valence-corrected chi connectivity index (χ4v) is 3.41. The maximum absolute atomic E-state index is 13.5. The van der Waals surface area contributed by atoms with Crippen molar-refractivity contribution in [1.29, 1.82) is 0 Å². The molecular weight excluding hydrogens is 326 g/mol. The van der Waals surface area contributed by atoms with Gasteiger partial charge in [0.1, 0.15) is 0 Å². The lowest BCUT2D eigenvalue weighted by molar-refractivity contribution is -0.336. The smallest absolute Gasteiger partial charge is 0.309 e. The molecule has 1 amide bonds. The average molecular weight is 336 g/mol. The second-order valence-electron chi connectivity index (χ2n) is 5.47. The van der Waals surface area contributed by atoms with Crippen LogP contribution >= 0.6 is 0 Å². The average Bonchev–Trinajstić information content (AvgIpc) is 3.04. The number of hydrogen-bond donors (Lipinski definition) is 0. The molecule has 23 heavy (non-hydrogen) atoms. The van der Waals surface area contributed by atoms with Crippen LogP contribution in [-0.4, -0.2) is 39.7 Å². The number of carbonyl (C=O) groups is 1. The molecule has 0 saturated carbocycles. The third-order valence-electron chi connectivity index (χ3n) is 4.30. The van der Waals surface area contributed by atoms with E-state index in [1.54, 1.807) is 0 Å². The van der Waals surface area contributed by atoms with Crippen molar-refractivity contribution in [2.75, 3.05) is 0 Å². The number of likely N-dealkylation sites (tertiary alicyclic amines) is 1. The molecule has 0 aromatic carbocycles. The first kappa shape index (κ1) is 15.8. The van der Waals surface area contributed by atoms with Gasteiger partial charge in [-0.2, -0.15) is 26.3 Å². The molecule has 2 heterocycles. The van der Waals surface area contributed by atoms with Crippen LogP contribution in [0.3, 0.4) is 0 Å². The van der Waals surface area contributed by atoms with Crippen molar-refractivity contribution >= 4 is 5.91 Å². The molecule has 2 aliphatic rings. The normalized spacial score (nSPS) is 25.9. The number of carbonyl (C=O) groups excluding carboxylic acids is 1. The third kappa shape index (κ3) is 1.98. The molecule has 0 radical (unpaired) electrons. The van der Waals surface area contributed by atoms with E-state index in [2.05, 4.69) is 4.98 Å². The Labute approximate surface area is 126 Å². The first-order chi connectivity index (χ1) is 10.6. The fourth-order valence-electron chi connectivity index (χ4n) is 3.41. The summed E-state index contributed by atoms with van der Waals surface area (Å²) in [4.78, 5) is 15.9. The molecule has 124 valence electrons. The summed E-state index contributed by atoms with van der Waals surface area (Å²) in [6.07, 6.45) is -7.35. The minimum Gasteiger partial charge on any atom is -0.309 e. The van der Waals surface area contributed by atoms with Gasteiger partial charge in [-0.1, -0.05) is 12.2 Å². The van der Waals surface area contributed by atoms with Gasteiger partial charge in [0.15, 0.2) is 0 Å². The van der Waals surface area contributed by atoms with E-state index in [9.17, 15) is 31.1 Å². The highest BCUT2D eigenvalue weighted by molar-refractivity contribution is 5.95. The van der Waals surface area contributed by atoms with Crippen LogP contribution in [0.2, 0.25) is 0 Å². The molecule has 2 atom stereocenters. The summed E-state index contributed by atoms with van der Waals surface area (Å²) in [6.45, 7) is 0. The molecule has 2 bridgehead atoms. The van der Waals surface area contributed by atoms with Crippen LogP contribution in [0, 0.1) is 5.92 Å². The summed E-state index contributed by atoms with van der Waals surface area (Å²) in [5, 5.41) is 0. The van der Waals surface area contributed by atoms with Gasteiger partial charge >= 0.3 is 12.4 Å². The molecule has 3 nitrogen and oxygen atoms in total. The van der Waals surface area contributed by atoms with Gasteiger partial charge in [-0.3, -0.25) is 9.78 Å². The van der Waals surface area contributed by atoms with Gasteiger partial charge < -0.3 is 4.90 Å². The predicted molar refractivity (Wildman–Crippen MR) is 66.3 cm³/mol. The summed E-state index contributed by atoms with van der Waals surface area (Å²) < 4.78 is 81.2. The van der Waals surface area contributed by atoms with Crippen molar-refractivity contribution in [2.24, 2.45) is 5.92 Å². The van der Waals surface area contributed by atoms with Gasteiger partial charge in [-0.15, -0.1) is 0 Å². The number of alkyl halides is 6. The number of pyridine rings is 1. The van der Waals surface area contributed by atoms with Crippen molar-refractivity contribution in [3.63, 3.8) is 0 Å². The highest BCUT2D eigenvalue weighted by atomic mass is 19.4. The number of amides is 1. The summed E-state index contributed by atoms with van der Waals surface area (Å²) in [5.41, 5.74) is -4.52. The molecule has 1 saturated heterocycles. The minimum absolute atomic E-state index is 0.0747. The van der Waals surface area contributed by atoms with Crippen molar-refractivity contribution in [3.05, 3.63) is 42.2 Å². The Balaban J connectivity index is 2.18. The van der Waals surface area contributed by atoms with Crippen LogP contribution in [0.15, 0.2) is 36.7 Å². The molecule has 3 rings (SSSR count). The van der Waals surface area contributed by atoms with Crippen LogP contribution < -0.4 is 0 Å². The van der Waals surface area contributed by atoms with E-state index < -0.39 is 42.2 Å². The minimum atomic E-state index is -5.65. The van der Waals surface area contributed by atoms with Gasteiger partial charge in [0.25, 0.3) is 5.91 Å². The molecule has 1 aliphatic carbocycles. The summed E-state index contributed by atoms with van der Waals surface area (Å²) in [5.74, 6) is -3.17. The molecule has 1 aromatic rings. The summed E-state index contributed by atoms with van der Waals surface area (Å²) in [7, 11) is 0. The van der Waals surface area contributed by atoms with E-state index in [0.717, 1.165) is 18.3 Å². The molecule has 0 N–H and O–H groups in total. The highest BCUT2D eigenvalue weighted by Crippen LogP contribution is 2.60. The zero-order valence-electron chi connectivity index (χ0n) is 11.4. The van der Waals surface area contributed by atoms with Gasteiger partial charge in [-0.25, -0.2) is 0 Å². The van der Waals surface area contributed by atoms with Crippen LogP contribution in [-0.2, 0) is 0 Å². The zero-order valence-corrected chi connectivity index (χ0v) is 11.4. The lowest BCUT2D eigenvalue weighted by Crippen LogP contribution is -2.70. The zero-order chi connectivity index (χ0) is 17.0. The van der Waals surface area contributed by atoms with Gasteiger partial charge in [0.05, 0.1) is 11.6 Å². The Morgan fingerprint density at radius 2 is 1.83 bits per heavy atom. The molecule has 1 fully saturated rings. The third-order valence-corrected chi connectivity index (χ3v) is 4.30. The number of nitrogens with zero attached hydrogens (tertiary/aromatic N) is 2. The largest absolute Gasteiger partial charge is 0.421 e. The molecule has 0 spiro atoms. The number of rotatable bonds is 1. The summed E-state index contributed by atoms with van der Waals surface area (Å²) in [6, 6.07) is 1.18. The van der Waals surface area contributed by atoms with Crippen molar-refractivity contribution in [3.8, 4) is 0 Å². The first-order valence-electron chi connectivity index (χ1n) is 6.66. The van der Waals surface area contributed by atoms with E-state index in [-0.39, 0.29) is 10.5 Å². The molecular formula is C14H10F6N2O. The van der Waals surface area contributed by atoms with E-state index in [0.29, 0.717) is 0 Å². The van der Waals surface area contributed by atoms with Crippen LogP contribution in [0.4, 0.5) is 26.3 Å². The number of halogens is 6. The maximum Gasteiger partial charge on any atom is 0.421 e. The maximum atomic E-state index is 13.5. The van der Waals surface area contributed by atoms with Crippen molar-refractivity contribution < 1.29 is 31.1 Å². The van der Waals surface area contributed by atoms with Crippen molar-refractivity contribution in [1.82, 2.24) is 9.88 Å². The SMILES string of the molecule is O=C(c1cccnc1)N1[C@H]2C=C[C@@H](C2)C1(C(F)(F)F)C(F)(F)F. The Morgan fingerprint density at radius 1 is 1.17 bits per heavy atom. The predicted octanol–water partition coefficient (Wildman–Crippen LogP) is 3.35. The van der Waals surface area contributed by atoms with Gasteiger partial charge in [-0.05, 0) is 18.6 Å². The van der Waals surface area contributed by atoms with E-state index in [4.69, 9.17) is 0 Å². The fraction of sp³-hybridized carbons (Fsp3) is 0.429. The lowest BCUT2D eigenvalue weighted by Gasteiger charge is -2.46. The molecule has 1 aliphatic heterocycles. The van der Waals surface area contributed by atoms with Crippen molar-refractivity contribution in [2.45, 2.75) is 30.4 Å². The quantitative estimate of drug-likeness (QED) is 0.582. The van der Waals surface area contributed by atoms with Gasteiger partial charge in [0.2, 0.25) is 5.54 Å². The topological polar surface area (TPSA) is 33.2 Å². The molecule has 9 heteroatoms. The molecule has 1 aromatic heterocycles. The highest BCUT2D eigenvalue weighted by Gasteiger charge is 2.81. The van der Waals surface area contributed by atoms with Crippen LogP contribution in [0.5, 0.6) is 0 Å². The Morgan fingerprint density at radius 3 is 2.35 bits per heavy atom. The summed E-state index contributed by atoms with van der Waals surface area (Å²) >= 11 is 0. The van der Waals surface area contributed by atoms with E-state index >= 15 is 0 Å². The monoisotopic (exact) mass is 336 g/mol. The first-order valence-corrected chi connectivity index (χ1v) is 6.66. The van der Waals surface area contributed by atoms with Gasteiger partial charge in [0, 0.05) is 18.3 Å². The Hall–Kier alpha value is -2.06. The second kappa shape index (κ2) is 4.72. The standard InChI is InChI=1S/C14H10F6N2O/c15-13(16,17)12(14(18,19)20)9-3-4-10(6-9)22(12)11(23)8-2-1-5-21-7-8/h1-5,7,9-10H,6H2/t9-,10-/m0/s1. The van der Waals surface area contributed by atoms with Crippen LogP contribution in [0.25, 0.3) is 0 Å². The lowest BCUT2D eigenvalue weighted by atomic mass is 9.83. The number of fused-ring (bicyclic) bond motifs is 2.